The number of benzene rings is 2. The third-order valence-electron chi connectivity index (χ3n) is 3.47. The number of aliphatic hydroxyl groups is 1. The second-order valence-electron chi connectivity index (χ2n) is 4.74. The van der Waals surface area contributed by atoms with Crippen LogP contribution in [-0.4, -0.2) is 11.3 Å². The topological polar surface area (TPSA) is 20.2 Å². The Bertz CT molecular complexity index is 600. The highest BCUT2D eigenvalue weighted by molar-refractivity contribution is 5.89. The summed E-state index contributed by atoms with van der Waals surface area (Å²) in [5.41, 5.74) is -1.98. The van der Waals surface area contributed by atoms with Crippen LogP contribution in [0.4, 0.5) is 13.2 Å². The van der Waals surface area contributed by atoms with Crippen LogP contribution in [0, 0.1) is 0 Å². The molecule has 0 aromatic heterocycles. The quantitative estimate of drug-likeness (QED) is 0.866. The Morgan fingerprint density at radius 3 is 2.16 bits per heavy atom. The lowest BCUT2D eigenvalue weighted by Gasteiger charge is -2.28. The highest BCUT2D eigenvalue weighted by Crippen LogP contribution is 2.41. The SMILES string of the molecule is CCc1cccc2c(C(C)(O)C(F)(F)F)cccc12. The standard InChI is InChI=1S/C15H15F3O/c1-3-10-6-4-8-12-11(10)7-5-9-13(12)14(2,19)15(16,17)18/h4-9,19H,3H2,1-2H3. The molecule has 0 saturated heterocycles. The summed E-state index contributed by atoms with van der Waals surface area (Å²) in [4.78, 5) is 0. The van der Waals surface area contributed by atoms with Gasteiger partial charge in [0.25, 0.3) is 0 Å². The summed E-state index contributed by atoms with van der Waals surface area (Å²) in [5, 5.41) is 11.1. The summed E-state index contributed by atoms with van der Waals surface area (Å²) in [6, 6.07) is 9.88. The number of fused-ring (bicyclic) bond motifs is 1. The molecule has 0 fully saturated rings. The maximum Gasteiger partial charge on any atom is 0.421 e. The summed E-state index contributed by atoms with van der Waals surface area (Å²) in [6.07, 6.45) is -3.97. The van der Waals surface area contributed by atoms with Crippen molar-refractivity contribution in [1.82, 2.24) is 0 Å². The van der Waals surface area contributed by atoms with E-state index in [0.29, 0.717) is 5.39 Å². The molecule has 0 radical (unpaired) electrons. The van der Waals surface area contributed by atoms with Crippen molar-refractivity contribution in [2.45, 2.75) is 32.0 Å². The third-order valence-corrected chi connectivity index (χ3v) is 3.47. The van der Waals surface area contributed by atoms with E-state index in [2.05, 4.69) is 0 Å². The van der Waals surface area contributed by atoms with Gasteiger partial charge in [0.1, 0.15) is 0 Å². The molecule has 0 bridgehead atoms. The zero-order valence-electron chi connectivity index (χ0n) is 10.8. The van der Waals surface area contributed by atoms with Crippen molar-refractivity contribution in [3.05, 3.63) is 47.5 Å². The molecule has 19 heavy (non-hydrogen) atoms. The molecule has 0 saturated carbocycles. The normalized spacial score (nSPS) is 15.5. The van der Waals surface area contributed by atoms with Crippen molar-refractivity contribution in [3.63, 3.8) is 0 Å². The van der Waals surface area contributed by atoms with E-state index < -0.39 is 11.8 Å². The highest BCUT2D eigenvalue weighted by atomic mass is 19.4. The van der Waals surface area contributed by atoms with Crippen molar-refractivity contribution < 1.29 is 18.3 Å². The summed E-state index contributed by atoms with van der Waals surface area (Å²) in [6.45, 7) is 2.74. The molecule has 0 spiro atoms. The molecule has 0 amide bonds. The molecule has 0 heterocycles. The Balaban J connectivity index is 2.76. The second-order valence-corrected chi connectivity index (χ2v) is 4.74. The lowest BCUT2D eigenvalue weighted by Crippen LogP contribution is -2.39. The minimum absolute atomic E-state index is 0.104. The molecular formula is C15H15F3O. The fourth-order valence-corrected chi connectivity index (χ4v) is 2.26. The fourth-order valence-electron chi connectivity index (χ4n) is 2.26. The Labute approximate surface area is 109 Å². The fraction of sp³-hybridized carbons (Fsp3) is 0.333. The first-order valence-electron chi connectivity index (χ1n) is 6.09. The summed E-state index contributed by atoms with van der Waals surface area (Å²) in [5.74, 6) is 0. The first-order valence-corrected chi connectivity index (χ1v) is 6.09. The molecule has 1 atom stereocenters. The average molecular weight is 268 g/mol. The number of halogens is 3. The van der Waals surface area contributed by atoms with Crippen LogP contribution in [0.3, 0.4) is 0 Å². The maximum absolute atomic E-state index is 13.0. The van der Waals surface area contributed by atoms with Gasteiger partial charge in [0.15, 0.2) is 5.60 Å². The van der Waals surface area contributed by atoms with E-state index in [-0.39, 0.29) is 5.56 Å². The van der Waals surface area contributed by atoms with Crippen LogP contribution in [0.25, 0.3) is 10.8 Å². The number of hydrogen-bond donors (Lipinski definition) is 1. The third kappa shape index (κ3) is 2.21. The summed E-state index contributed by atoms with van der Waals surface area (Å²) >= 11 is 0. The number of rotatable bonds is 2. The molecule has 4 heteroatoms. The van der Waals surface area contributed by atoms with Crippen molar-refractivity contribution in [2.24, 2.45) is 0 Å². The van der Waals surface area contributed by atoms with Crippen LogP contribution in [0.1, 0.15) is 25.0 Å². The molecule has 0 aliphatic carbocycles. The maximum atomic E-state index is 13.0. The van der Waals surface area contributed by atoms with Gasteiger partial charge in [-0.25, -0.2) is 0 Å². The predicted octanol–water partition coefficient (Wildman–Crippen LogP) is 4.17. The zero-order chi connectivity index (χ0) is 14.3. The smallest absolute Gasteiger partial charge is 0.376 e. The Hall–Kier alpha value is -1.55. The van der Waals surface area contributed by atoms with Crippen LogP contribution >= 0.6 is 0 Å². The molecule has 2 rings (SSSR count). The Morgan fingerprint density at radius 2 is 1.58 bits per heavy atom. The molecule has 0 aliphatic rings. The second kappa shape index (κ2) is 4.53. The first kappa shape index (κ1) is 13.9. The van der Waals surface area contributed by atoms with Gasteiger partial charge in [-0.1, -0.05) is 43.3 Å². The van der Waals surface area contributed by atoms with Crippen LogP contribution in [0.2, 0.25) is 0 Å². The predicted molar refractivity (Wildman–Crippen MR) is 69.0 cm³/mol. The number of aryl methyl sites for hydroxylation is 1. The van der Waals surface area contributed by atoms with Gasteiger partial charge in [-0.05, 0) is 29.7 Å². The van der Waals surface area contributed by atoms with Gasteiger partial charge in [0, 0.05) is 5.56 Å². The monoisotopic (exact) mass is 268 g/mol. The largest absolute Gasteiger partial charge is 0.421 e. The molecule has 0 aliphatic heterocycles. The molecule has 1 N–H and O–H groups in total. The lowest BCUT2D eigenvalue weighted by atomic mass is 9.89. The van der Waals surface area contributed by atoms with Crippen molar-refractivity contribution in [2.75, 3.05) is 0 Å². The zero-order valence-corrected chi connectivity index (χ0v) is 10.8. The Morgan fingerprint density at radius 1 is 1.00 bits per heavy atom. The van der Waals surface area contributed by atoms with Gasteiger partial charge in [-0.15, -0.1) is 0 Å². The van der Waals surface area contributed by atoms with E-state index in [4.69, 9.17) is 0 Å². The van der Waals surface area contributed by atoms with Crippen molar-refractivity contribution >= 4 is 10.8 Å². The average Bonchev–Trinajstić information content (AvgIpc) is 2.35. The van der Waals surface area contributed by atoms with E-state index in [1.165, 1.54) is 6.07 Å². The molecule has 2 aromatic rings. The van der Waals surface area contributed by atoms with Gasteiger partial charge in [-0.3, -0.25) is 0 Å². The van der Waals surface area contributed by atoms with Gasteiger partial charge in [0.2, 0.25) is 0 Å². The minimum atomic E-state index is -4.70. The van der Waals surface area contributed by atoms with Gasteiger partial charge in [0.05, 0.1) is 0 Å². The minimum Gasteiger partial charge on any atom is -0.376 e. The molecule has 2 aromatic carbocycles. The highest BCUT2D eigenvalue weighted by Gasteiger charge is 2.51. The van der Waals surface area contributed by atoms with E-state index in [0.717, 1.165) is 24.3 Å². The first-order chi connectivity index (χ1) is 8.79. The molecule has 102 valence electrons. The molecular weight excluding hydrogens is 253 g/mol. The van der Waals surface area contributed by atoms with E-state index in [1.807, 2.05) is 13.0 Å². The van der Waals surface area contributed by atoms with Gasteiger partial charge in [-0.2, -0.15) is 13.2 Å². The van der Waals surface area contributed by atoms with Gasteiger partial charge < -0.3 is 5.11 Å². The summed E-state index contributed by atoms with van der Waals surface area (Å²) in [7, 11) is 0. The van der Waals surface area contributed by atoms with Gasteiger partial charge >= 0.3 is 6.18 Å². The summed E-state index contributed by atoms with van der Waals surface area (Å²) < 4.78 is 38.9. The van der Waals surface area contributed by atoms with Crippen LogP contribution < -0.4 is 0 Å². The van der Waals surface area contributed by atoms with Crippen LogP contribution in [0.5, 0.6) is 0 Å². The number of alkyl halides is 3. The van der Waals surface area contributed by atoms with Crippen molar-refractivity contribution in [3.8, 4) is 0 Å². The van der Waals surface area contributed by atoms with E-state index in [9.17, 15) is 18.3 Å². The lowest BCUT2D eigenvalue weighted by molar-refractivity contribution is -0.258. The van der Waals surface area contributed by atoms with E-state index >= 15 is 0 Å². The molecule has 1 nitrogen and oxygen atoms in total. The number of hydrogen-bond acceptors (Lipinski definition) is 1. The Kier molecular flexibility index (Phi) is 3.31. The molecule has 1 unspecified atom stereocenters. The van der Waals surface area contributed by atoms with Crippen LogP contribution in [0.15, 0.2) is 36.4 Å². The van der Waals surface area contributed by atoms with E-state index in [1.54, 1.807) is 24.3 Å². The van der Waals surface area contributed by atoms with Crippen LogP contribution in [-0.2, 0) is 12.0 Å². The van der Waals surface area contributed by atoms with Crippen molar-refractivity contribution in [1.29, 1.82) is 0 Å².